The molecule has 0 aromatic heterocycles. The molecule has 1 aliphatic carbocycles. The molecule has 10 nitrogen and oxygen atoms in total. The Hall–Kier alpha value is -5.25. The number of para-hydroxylation sites is 2. The molecular formula is C32H33N5O5. The van der Waals surface area contributed by atoms with Crippen molar-refractivity contribution in [2.45, 2.75) is 6.04 Å². The molecule has 0 radical (unpaired) electrons. The molecule has 0 saturated carbocycles. The molecule has 1 fully saturated rings. The first-order valence-corrected chi connectivity index (χ1v) is 13.7. The molecule has 0 bridgehead atoms. The maximum atomic E-state index is 12.7. The van der Waals surface area contributed by atoms with Crippen molar-refractivity contribution in [2.24, 2.45) is 0 Å². The molecule has 1 atom stereocenters. The summed E-state index contributed by atoms with van der Waals surface area (Å²) in [4.78, 5) is 40.7. The van der Waals surface area contributed by atoms with E-state index in [9.17, 15) is 14.4 Å². The molecule has 10 heteroatoms. The van der Waals surface area contributed by atoms with Crippen molar-refractivity contribution in [3.05, 3.63) is 108 Å². The van der Waals surface area contributed by atoms with E-state index in [1.807, 2.05) is 30.4 Å². The third-order valence-electron chi connectivity index (χ3n) is 7.01. The summed E-state index contributed by atoms with van der Waals surface area (Å²) in [5.74, 6) is 0.0886. The van der Waals surface area contributed by atoms with Gasteiger partial charge in [-0.25, -0.2) is 4.79 Å². The zero-order chi connectivity index (χ0) is 29.3. The van der Waals surface area contributed by atoms with E-state index in [1.54, 1.807) is 64.4 Å². The number of carbonyl (C=O) groups excluding carboxylic acids is 3. The van der Waals surface area contributed by atoms with Crippen LogP contribution in [0.4, 0.5) is 16.2 Å². The monoisotopic (exact) mass is 567 g/mol. The summed E-state index contributed by atoms with van der Waals surface area (Å²) in [5.41, 5.74) is 9.70. The number of dihydropyridines is 1. The van der Waals surface area contributed by atoms with Crippen molar-refractivity contribution in [3.8, 4) is 5.75 Å². The molecule has 1 saturated heterocycles. The molecule has 2 heterocycles. The molecule has 216 valence electrons. The number of nitrogens with two attached hydrogens (primary N) is 1. The standard InChI is InChI=1S/C32H33N5O5/c33-27-6-2-4-8-29(27)35-30(38)16-11-23-9-14-26(15-10-23)41-22-31(39)36-17-19-37(20-18-36)32(40)42-21-25-13-12-24-5-1-3-7-28(24)34-25/h1-16,28,34H,17-22,33H2,(H,35,38)/b16-11+. The number of fused-ring (bicyclic) bond motifs is 1. The first-order valence-electron chi connectivity index (χ1n) is 13.7. The van der Waals surface area contributed by atoms with Crippen molar-refractivity contribution < 1.29 is 23.9 Å². The highest BCUT2D eigenvalue weighted by Crippen LogP contribution is 2.19. The molecule has 0 spiro atoms. The largest absolute Gasteiger partial charge is 0.484 e. The number of carbonyl (C=O) groups is 3. The Balaban J connectivity index is 1.00. The molecule has 3 amide bonds. The highest BCUT2D eigenvalue weighted by Gasteiger charge is 2.26. The summed E-state index contributed by atoms with van der Waals surface area (Å²) < 4.78 is 11.2. The second-order valence-corrected chi connectivity index (χ2v) is 9.91. The van der Waals surface area contributed by atoms with Gasteiger partial charge >= 0.3 is 6.09 Å². The first-order chi connectivity index (χ1) is 20.4. The summed E-state index contributed by atoms with van der Waals surface area (Å²) in [6.45, 7) is 1.65. The minimum Gasteiger partial charge on any atom is -0.484 e. The summed E-state index contributed by atoms with van der Waals surface area (Å²) >= 11 is 0. The van der Waals surface area contributed by atoms with Crippen LogP contribution >= 0.6 is 0 Å². The molecule has 2 aliphatic heterocycles. The Morgan fingerprint density at radius 1 is 0.976 bits per heavy atom. The molecule has 2 aromatic carbocycles. The van der Waals surface area contributed by atoms with Gasteiger partial charge in [0.25, 0.3) is 5.91 Å². The molecular weight excluding hydrogens is 534 g/mol. The van der Waals surface area contributed by atoms with Gasteiger partial charge in [0.05, 0.1) is 17.4 Å². The predicted molar refractivity (Wildman–Crippen MR) is 161 cm³/mol. The van der Waals surface area contributed by atoms with Gasteiger partial charge in [-0.1, -0.05) is 54.6 Å². The van der Waals surface area contributed by atoms with Gasteiger partial charge in [-0.15, -0.1) is 0 Å². The lowest BCUT2D eigenvalue weighted by molar-refractivity contribution is -0.135. The zero-order valence-corrected chi connectivity index (χ0v) is 23.1. The average molecular weight is 568 g/mol. The van der Waals surface area contributed by atoms with Crippen molar-refractivity contribution in [1.29, 1.82) is 0 Å². The molecule has 2 aromatic rings. The maximum Gasteiger partial charge on any atom is 0.410 e. The Bertz CT molecular complexity index is 1470. The highest BCUT2D eigenvalue weighted by atomic mass is 16.6. The van der Waals surface area contributed by atoms with E-state index in [0.29, 0.717) is 43.3 Å². The number of nitrogens with one attached hydrogen (secondary N) is 2. The lowest BCUT2D eigenvalue weighted by Gasteiger charge is -2.34. The number of benzene rings is 2. The van der Waals surface area contributed by atoms with Crippen LogP contribution in [0.25, 0.3) is 6.08 Å². The van der Waals surface area contributed by atoms with Crippen LogP contribution in [-0.4, -0.2) is 73.1 Å². The quantitative estimate of drug-likeness (QED) is 0.329. The number of rotatable bonds is 8. The fraction of sp³-hybridized carbons (Fsp3) is 0.219. The van der Waals surface area contributed by atoms with Gasteiger partial charge in [-0.05, 0) is 47.6 Å². The lowest BCUT2D eigenvalue weighted by Crippen LogP contribution is -2.51. The van der Waals surface area contributed by atoms with Gasteiger partial charge < -0.3 is 35.6 Å². The van der Waals surface area contributed by atoms with Crippen molar-refractivity contribution in [1.82, 2.24) is 15.1 Å². The topological polar surface area (TPSA) is 126 Å². The number of piperazine rings is 1. The summed E-state index contributed by atoms with van der Waals surface area (Å²) in [6, 6.07) is 14.2. The van der Waals surface area contributed by atoms with Crippen molar-refractivity contribution >= 4 is 35.4 Å². The Labute approximate surface area is 244 Å². The van der Waals surface area contributed by atoms with Gasteiger partial charge in [-0.2, -0.15) is 0 Å². The van der Waals surface area contributed by atoms with Crippen LogP contribution in [-0.2, 0) is 14.3 Å². The van der Waals surface area contributed by atoms with E-state index in [4.69, 9.17) is 15.2 Å². The predicted octanol–water partition coefficient (Wildman–Crippen LogP) is 3.49. The SMILES string of the molecule is Nc1ccccc1NC(=O)/C=C/c1ccc(OCC(=O)N2CCN(C(=O)OCC3=CC=C4C=CC=CC4N3)CC2)cc1. The van der Waals surface area contributed by atoms with E-state index in [0.717, 1.165) is 11.3 Å². The number of allylic oxidation sites excluding steroid dienone is 4. The summed E-state index contributed by atoms with van der Waals surface area (Å²) in [6.07, 6.45) is 14.7. The van der Waals surface area contributed by atoms with E-state index < -0.39 is 6.09 Å². The number of hydrogen-bond donors (Lipinski definition) is 3. The van der Waals surface area contributed by atoms with E-state index in [-0.39, 0.29) is 31.1 Å². The van der Waals surface area contributed by atoms with Gasteiger partial charge in [0.1, 0.15) is 12.4 Å². The van der Waals surface area contributed by atoms with Crippen LogP contribution in [0.3, 0.4) is 0 Å². The van der Waals surface area contributed by atoms with E-state index in [1.165, 1.54) is 11.6 Å². The smallest absolute Gasteiger partial charge is 0.410 e. The third kappa shape index (κ3) is 7.48. The zero-order valence-electron chi connectivity index (χ0n) is 23.1. The number of nitrogen functional groups attached to an aromatic ring is 1. The van der Waals surface area contributed by atoms with Crippen LogP contribution in [0.5, 0.6) is 5.75 Å². The highest BCUT2D eigenvalue weighted by molar-refractivity contribution is 6.03. The van der Waals surface area contributed by atoms with Gasteiger partial charge in [0.2, 0.25) is 5.91 Å². The van der Waals surface area contributed by atoms with E-state index >= 15 is 0 Å². The molecule has 4 N–H and O–H groups in total. The van der Waals surface area contributed by atoms with Gasteiger partial charge in [-0.3, -0.25) is 9.59 Å². The first kappa shape index (κ1) is 28.3. The van der Waals surface area contributed by atoms with E-state index in [2.05, 4.69) is 16.7 Å². The van der Waals surface area contributed by atoms with Crippen LogP contribution < -0.4 is 21.1 Å². The average Bonchev–Trinajstić information content (AvgIpc) is 3.03. The van der Waals surface area contributed by atoms with Crippen LogP contribution in [0.2, 0.25) is 0 Å². The Morgan fingerprint density at radius 2 is 1.74 bits per heavy atom. The minimum absolute atomic E-state index is 0.0966. The van der Waals surface area contributed by atoms with Gasteiger partial charge in [0.15, 0.2) is 6.61 Å². The number of anilines is 2. The molecule has 1 unspecified atom stereocenters. The fourth-order valence-electron chi connectivity index (χ4n) is 4.62. The summed E-state index contributed by atoms with van der Waals surface area (Å²) in [5, 5.41) is 6.09. The van der Waals surface area contributed by atoms with Crippen molar-refractivity contribution in [2.75, 3.05) is 50.4 Å². The Morgan fingerprint density at radius 3 is 2.52 bits per heavy atom. The van der Waals surface area contributed by atoms with Crippen LogP contribution in [0.15, 0.2) is 102 Å². The lowest BCUT2D eigenvalue weighted by atomic mass is 9.98. The minimum atomic E-state index is -0.397. The molecule has 3 aliphatic rings. The molecule has 42 heavy (non-hydrogen) atoms. The molecule has 5 rings (SSSR count). The maximum absolute atomic E-state index is 12.7. The van der Waals surface area contributed by atoms with Crippen LogP contribution in [0, 0.1) is 0 Å². The van der Waals surface area contributed by atoms with Crippen molar-refractivity contribution in [3.63, 3.8) is 0 Å². The third-order valence-corrected chi connectivity index (χ3v) is 7.01. The van der Waals surface area contributed by atoms with Gasteiger partial charge in [0, 0.05) is 38.0 Å². The number of hydrogen-bond acceptors (Lipinski definition) is 7. The second-order valence-electron chi connectivity index (χ2n) is 9.91. The number of ether oxygens (including phenoxy) is 2. The van der Waals surface area contributed by atoms with Crippen LogP contribution in [0.1, 0.15) is 5.56 Å². The summed E-state index contributed by atoms with van der Waals surface area (Å²) in [7, 11) is 0. The second kappa shape index (κ2) is 13.4. The fourth-order valence-corrected chi connectivity index (χ4v) is 4.62. The number of nitrogens with zero attached hydrogens (tertiary/aromatic N) is 2. The number of amides is 3. The normalized spacial score (nSPS) is 17.6. The Kier molecular flexibility index (Phi) is 9.03.